The van der Waals surface area contributed by atoms with Crippen molar-refractivity contribution in [3.05, 3.63) is 21.9 Å². The number of hydrogen-bond acceptors (Lipinski definition) is 5. The van der Waals surface area contributed by atoms with Gasteiger partial charge in [-0.05, 0) is 65.6 Å². The summed E-state index contributed by atoms with van der Waals surface area (Å²) in [5.41, 5.74) is -0.461. The van der Waals surface area contributed by atoms with E-state index in [1.54, 1.807) is 12.3 Å². The largest absolute Gasteiger partial charge is 0.456 e. The SMILES string of the molecule is CC(C)(C)OC(=O)c1ccc(C=NSC(C)(C)C)s1. The summed E-state index contributed by atoms with van der Waals surface area (Å²) >= 11 is 2.91. The first-order valence-corrected chi connectivity index (χ1v) is 7.70. The summed E-state index contributed by atoms with van der Waals surface area (Å²) in [7, 11) is 0. The van der Waals surface area contributed by atoms with Crippen molar-refractivity contribution in [1.29, 1.82) is 0 Å². The minimum Gasteiger partial charge on any atom is -0.456 e. The molecule has 0 N–H and O–H groups in total. The molecular formula is C14H21NO2S2. The highest BCUT2D eigenvalue weighted by atomic mass is 32.2. The van der Waals surface area contributed by atoms with Gasteiger partial charge >= 0.3 is 5.97 Å². The summed E-state index contributed by atoms with van der Waals surface area (Å²) < 4.78 is 9.73. The highest BCUT2D eigenvalue weighted by Gasteiger charge is 2.19. The molecule has 0 radical (unpaired) electrons. The Kier molecular flexibility index (Phi) is 5.21. The summed E-state index contributed by atoms with van der Waals surface area (Å²) in [5.74, 6) is -0.277. The highest BCUT2D eigenvalue weighted by molar-refractivity contribution is 7.99. The molecule has 106 valence electrons. The van der Waals surface area contributed by atoms with Gasteiger partial charge in [-0.25, -0.2) is 9.19 Å². The summed E-state index contributed by atoms with van der Waals surface area (Å²) in [6.07, 6.45) is 1.79. The number of carbonyl (C=O) groups excluding carboxylic acids is 1. The van der Waals surface area contributed by atoms with Crippen LogP contribution >= 0.6 is 23.3 Å². The quantitative estimate of drug-likeness (QED) is 0.466. The van der Waals surface area contributed by atoms with E-state index in [1.165, 1.54) is 23.3 Å². The van der Waals surface area contributed by atoms with Gasteiger partial charge in [0.05, 0.1) is 6.21 Å². The van der Waals surface area contributed by atoms with E-state index in [4.69, 9.17) is 4.74 Å². The molecule has 3 nitrogen and oxygen atoms in total. The van der Waals surface area contributed by atoms with E-state index >= 15 is 0 Å². The lowest BCUT2D eigenvalue weighted by Gasteiger charge is -2.18. The van der Waals surface area contributed by atoms with E-state index in [2.05, 4.69) is 25.2 Å². The summed E-state index contributed by atoms with van der Waals surface area (Å²) in [5, 5.41) is 0. The monoisotopic (exact) mass is 299 g/mol. The zero-order valence-electron chi connectivity index (χ0n) is 12.3. The molecule has 0 unspecified atom stereocenters. The zero-order valence-corrected chi connectivity index (χ0v) is 13.9. The van der Waals surface area contributed by atoms with Crippen LogP contribution in [0.5, 0.6) is 0 Å². The van der Waals surface area contributed by atoms with Crippen molar-refractivity contribution in [2.45, 2.75) is 51.9 Å². The third-order valence-electron chi connectivity index (χ3n) is 1.73. The molecule has 0 spiro atoms. The Hall–Kier alpha value is -0.810. The van der Waals surface area contributed by atoms with Crippen molar-refractivity contribution in [1.82, 2.24) is 0 Å². The first-order chi connectivity index (χ1) is 8.57. The van der Waals surface area contributed by atoms with Gasteiger partial charge in [-0.2, -0.15) is 0 Å². The maximum atomic E-state index is 11.8. The number of hydrogen-bond donors (Lipinski definition) is 0. The Morgan fingerprint density at radius 2 is 1.89 bits per heavy atom. The van der Waals surface area contributed by atoms with E-state index in [9.17, 15) is 4.79 Å². The molecule has 1 rings (SSSR count). The topological polar surface area (TPSA) is 38.7 Å². The van der Waals surface area contributed by atoms with E-state index < -0.39 is 5.60 Å². The van der Waals surface area contributed by atoms with Crippen LogP contribution in [0.3, 0.4) is 0 Å². The fourth-order valence-corrected chi connectivity index (χ4v) is 2.40. The maximum absolute atomic E-state index is 11.8. The van der Waals surface area contributed by atoms with Crippen LogP contribution in [0.1, 0.15) is 56.1 Å². The molecule has 0 fully saturated rings. The van der Waals surface area contributed by atoms with Crippen LogP contribution < -0.4 is 0 Å². The molecule has 1 heterocycles. The van der Waals surface area contributed by atoms with Crippen LogP contribution in [-0.4, -0.2) is 22.5 Å². The van der Waals surface area contributed by atoms with Gasteiger partial charge in [-0.3, -0.25) is 0 Å². The van der Waals surface area contributed by atoms with E-state index in [0.717, 1.165) is 4.88 Å². The van der Waals surface area contributed by atoms with Gasteiger partial charge in [0.2, 0.25) is 0 Å². The molecule has 19 heavy (non-hydrogen) atoms. The molecule has 0 aliphatic heterocycles. The van der Waals surface area contributed by atoms with Gasteiger partial charge in [-0.1, -0.05) is 0 Å². The molecule has 0 atom stereocenters. The lowest BCUT2D eigenvalue weighted by Crippen LogP contribution is -2.23. The molecule has 0 saturated carbocycles. The van der Waals surface area contributed by atoms with Gasteiger partial charge in [0, 0.05) is 9.62 Å². The zero-order chi connectivity index (χ0) is 14.7. The predicted octanol–water partition coefficient (Wildman–Crippen LogP) is 4.57. The second kappa shape index (κ2) is 6.09. The molecule has 0 bridgehead atoms. The minimum absolute atomic E-state index is 0.0990. The van der Waals surface area contributed by atoms with Gasteiger partial charge < -0.3 is 4.74 Å². The fourth-order valence-electron chi connectivity index (χ4n) is 1.10. The van der Waals surface area contributed by atoms with Crippen molar-refractivity contribution in [2.75, 3.05) is 0 Å². The third kappa shape index (κ3) is 6.78. The first kappa shape index (κ1) is 16.2. The van der Waals surface area contributed by atoms with E-state index in [1.807, 2.05) is 26.8 Å². The average molecular weight is 299 g/mol. The van der Waals surface area contributed by atoms with Crippen LogP contribution in [0.4, 0.5) is 0 Å². The Morgan fingerprint density at radius 3 is 2.42 bits per heavy atom. The third-order valence-corrected chi connectivity index (χ3v) is 3.49. The van der Waals surface area contributed by atoms with Crippen LogP contribution in [-0.2, 0) is 4.74 Å². The molecular weight excluding hydrogens is 278 g/mol. The minimum atomic E-state index is -0.461. The fraction of sp³-hybridized carbons (Fsp3) is 0.571. The standard InChI is InChI=1S/C14H21NO2S2/c1-13(2,3)17-12(16)11-8-7-10(18-11)9-15-19-14(4,5)6/h7-9H,1-6H3. The first-order valence-electron chi connectivity index (χ1n) is 6.11. The number of carbonyl (C=O) groups is 1. The molecule has 0 amide bonds. The number of esters is 1. The van der Waals surface area contributed by atoms with Crippen molar-refractivity contribution in [3.63, 3.8) is 0 Å². The molecule has 1 aromatic rings. The van der Waals surface area contributed by atoms with E-state index in [-0.39, 0.29) is 10.7 Å². The smallest absolute Gasteiger partial charge is 0.348 e. The Balaban J connectivity index is 2.65. The Bertz CT molecular complexity index is 465. The van der Waals surface area contributed by atoms with Crippen LogP contribution in [0.15, 0.2) is 16.5 Å². The number of nitrogens with zero attached hydrogens (tertiary/aromatic N) is 1. The second-order valence-electron chi connectivity index (χ2n) is 6.14. The summed E-state index contributed by atoms with van der Waals surface area (Å²) in [6, 6.07) is 3.67. The number of rotatable bonds is 3. The molecule has 0 saturated heterocycles. The van der Waals surface area contributed by atoms with Gasteiger partial charge in [0.1, 0.15) is 10.5 Å². The Morgan fingerprint density at radius 1 is 1.26 bits per heavy atom. The molecule has 0 aromatic carbocycles. The molecule has 1 aromatic heterocycles. The average Bonchev–Trinajstić information content (AvgIpc) is 2.61. The Labute approximate surface area is 123 Å². The van der Waals surface area contributed by atoms with Crippen molar-refractivity contribution >= 4 is 35.5 Å². The lowest BCUT2D eigenvalue weighted by atomic mass is 10.2. The van der Waals surface area contributed by atoms with Crippen LogP contribution in [0.25, 0.3) is 0 Å². The number of ether oxygens (including phenoxy) is 1. The van der Waals surface area contributed by atoms with Crippen molar-refractivity contribution in [2.24, 2.45) is 4.40 Å². The summed E-state index contributed by atoms with van der Waals surface area (Å²) in [4.78, 5) is 13.4. The van der Waals surface area contributed by atoms with Crippen molar-refractivity contribution in [3.8, 4) is 0 Å². The van der Waals surface area contributed by atoms with Gasteiger partial charge in [0.15, 0.2) is 0 Å². The van der Waals surface area contributed by atoms with E-state index in [0.29, 0.717) is 4.88 Å². The molecule has 0 aliphatic rings. The predicted molar refractivity (Wildman–Crippen MR) is 84.4 cm³/mol. The van der Waals surface area contributed by atoms with Gasteiger partial charge in [-0.15, -0.1) is 11.3 Å². The number of thiophene rings is 1. The van der Waals surface area contributed by atoms with Crippen LogP contribution in [0.2, 0.25) is 0 Å². The van der Waals surface area contributed by atoms with Gasteiger partial charge in [0.25, 0.3) is 0 Å². The normalized spacial score (nSPS) is 12.9. The van der Waals surface area contributed by atoms with Crippen LogP contribution in [0, 0.1) is 0 Å². The highest BCUT2D eigenvalue weighted by Crippen LogP contribution is 2.25. The maximum Gasteiger partial charge on any atom is 0.348 e. The molecule has 5 heteroatoms. The second-order valence-corrected chi connectivity index (χ2v) is 8.88. The van der Waals surface area contributed by atoms with Crippen molar-refractivity contribution < 1.29 is 9.53 Å². The summed E-state index contributed by atoms with van der Waals surface area (Å²) in [6.45, 7) is 11.9. The molecule has 0 aliphatic carbocycles. The lowest BCUT2D eigenvalue weighted by molar-refractivity contribution is 0.00752.